The lowest BCUT2D eigenvalue weighted by atomic mass is 10.1. The van der Waals surface area contributed by atoms with E-state index in [1.165, 1.54) is 0 Å². The van der Waals surface area contributed by atoms with Gasteiger partial charge in [-0.15, -0.1) is 0 Å². The monoisotopic (exact) mass is 289 g/mol. The Balaban J connectivity index is 3.07. The zero-order chi connectivity index (χ0) is 14.8. The minimum absolute atomic E-state index is 0.0575. The van der Waals surface area contributed by atoms with Gasteiger partial charge in [0.1, 0.15) is 16.8 Å². The number of carbonyl (C=O) groups is 1. The molecule has 0 saturated heterocycles. The van der Waals surface area contributed by atoms with Gasteiger partial charge in [-0.25, -0.2) is 22.7 Å². The second kappa shape index (κ2) is 5.66. The Morgan fingerprint density at radius 1 is 1.32 bits per heavy atom. The van der Waals surface area contributed by atoms with Gasteiger partial charge in [0, 0.05) is 0 Å². The largest absolute Gasteiger partial charge is 0.459 e. The molecule has 1 aromatic carbocycles. The normalized spacial score (nSPS) is 13.4. The summed E-state index contributed by atoms with van der Waals surface area (Å²) < 4.78 is 40.7. The zero-order valence-electron chi connectivity index (χ0n) is 10.9. The molecule has 0 aliphatic carbocycles. The summed E-state index contributed by atoms with van der Waals surface area (Å²) in [4.78, 5) is 11.0. The third kappa shape index (κ3) is 4.00. The number of ether oxygens (including phenoxy) is 1. The number of sulfonamides is 1. The van der Waals surface area contributed by atoms with Crippen molar-refractivity contribution in [2.45, 2.75) is 31.8 Å². The fourth-order valence-corrected chi connectivity index (χ4v) is 1.85. The first kappa shape index (κ1) is 15.6. The highest BCUT2D eigenvalue weighted by atomic mass is 32.2. The van der Waals surface area contributed by atoms with E-state index in [0.29, 0.717) is 0 Å². The molecule has 0 amide bonds. The average Bonchev–Trinajstić information content (AvgIpc) is 2.27. The quantitative estimate of drug-likeness (QED) is 0.854. The van der Waals surface area contributed by atoms with E-state index in [4.69, 9.17) is 9.88 Å². The molecule has 1 rings (SSSR count). The molecule has 0 fully saturated rings. The van der Waals surface area contributed by atoms with Gasteiger partial charge < -0.3 is 4.74 Å². The molecule has 0 spiro atoms. The molecule has 0 aliphatic heterocycles. The first-order valence-electron chi connectivity index (χ1n) is 5.66. The Labute approximate surface area is 111 Å². The average molecular weight is 289 g/mol. The fourth-order valence-electron chi connectivity index (χ4n) is 1.22. The van der Waals surface area contributed by atoms with Crippen LogP contribution in [0.15, 0.2) is 23.1 Å². The SMILES string of the molecule is CC(C)C(C)OC(=O)c1ccc(F)c(S(N)(=O)=O)c1. The molecule has 1 aromatic rings. The Bertz CT molecular complexity index is 583. The number of halogens is 1. The molecule has 0 saturated carbocycles. The summed E-state index contributed by atoms with van der Waals surface area (Å²) in [6.07, 6.45) is -0.338. The molecule has 0 heterocycles. The molecule has 0 aromatic heterocycles. The van der Waals surface area contributed by atoms with E-state index in [9.17, 15) is 17.6 Å². The van der Waals surface area contributed by atoms with Crippen LogP contribution >= 0.6 is 0 Å². The van der Waals surface area contributed by atoms with Crippen molar-refractivity contribution >= 4 is 16.0 Å². The van der Waals surface area contributed by atoms with Crippen molar-refractivity contribution in [2.24, 2.45) is 11.1 Å². The fraction of sp³-hybridized carbons (Fsp3) is 0.417. The van der Waals surface area contributed by atoms with Crippen LogP contribution in [0.5, 0.6) is 0 Å². The predicted molar refractivity (Wildman–Crippen MR) is 67.5 cm³/mol. The summed E-state index contributed by atoms with van der Waals surface area (Å²) in [6.45, 7) is 5.46. The molecule has 5 nitrogen and oxygen atoms in total. The summed E-state index contributed by atoms with van der Waals surface area (Å²) in [5, 5.41) is 4.86. The molecule has 0 bridgehead atoms. The van der Waals surface area contributed by atoms with Crippen molar-refractivity contribution < 1.29 is 22.3 Å². The molecular weight excluding hydrogens is 273 g/mol. The molecule has 0 radical (unpaired) electrons. The van der Waals surface area contributed by atoms with E-state index in [-0.39, 0.29) is 17.6 Å². The van der Waals surface area contributed by atoms with Gasteiger partial charge in [0.05, 0.1) is 5.56 Å². The topological polar surface area (TPSA) is 86.5 Å². The van der Waals surface area contributed by atoms with Crippen LogP contribution in [0.4, 0.5) is 4.39 Å². The van der Waals surface area contributed by atoms with Crippen LogP contribution < -0.4 is 5.14 Å². The molecule has 7 heteroatoms. The summed E-state index contributed by atoms with van der Waals surface area (Å²) in [7, 11) is -4.22. The number of nitrogens with two attached hydrogens (primary N) is 1. The maximum Gasteiger partial charge on any atom is 0.338 e. The highest BCUT2D eigenvalue weighted by molar-refractivity contribution is 7.89. The van der Waals surface area contributed by atoms with Crippen LogP contribution in [-0.2, 0) is 14.8 Å². The van der Waals surface area contributed by atoms with Gasteiger partial charge in [-0.3, -0.25) is 0 Å². The summed E-state index contributed by atoms with van der Waals surface area (Å²) in [5.41, 5.74) is -0.0575. The van der Waals surface area contributed by atoms with E-state index in [0.717, 1.165) is 18.2 Å². The van der Waals surface area contributed by atoms with Crippen LogP contribution in [0.3, 0.4) is 0 Å². The molecule has 106 valence electrons. The van der Waals surface area contributed by atoms with Gasteiger partial charge >= 0.3 is 5.97 Å². The number of primary sulfonamides is 1. The first-order chi connectivity index (χ1) is 8.62. The molecular formula is C12H16FNO4S. The Morgan fingerprint density at radius 3 is 2.37 bits per heavy atom. The molecule has 0 aliphatic rings. The van der Waals surface area contributed by atoms with Gasteiger partial charge in [-0.2, -0.15) is 0 Å². The van der Waals surface area contributed by atoms with Crippen LogP contribution in [0, 0.1) is 11.7 Å². The molecule has 1 unspecified atom stereocenters. The van der Waals surface area contributed by atoms with Crippen molar-refractivity contribution in [3.63, 3.8) is 0 Å². The Hall–Kier alpha value is -1.47. The summed E-state index contributed by atoms with van der Waals surface area (Å²) in [5.74, 6) is -1.61. The van der Waals surface area contributed by atoms with E-state index >= 15 is 0 Å². The van der Waals surface area contributed by atoms with Gasteiger partial charge in [0.25, 0.3) is 0 Å². The van der Waals surface area contributed by atoms with Crippen LogP contribution in [0.25, 0.3) is 0 Å². The van der Waals surface area contributed by atoms with Gasteiger partial charge in [-0.05, 0) is 31.0 Å². The van der Waals surface area contributed by atoms with E-state index in [1.54, 1.807) is 6.92 Å². The smallest absolute Gasteiger partial charge is 0.338 e. The third-order valence-corrected chi connectivity index (χ3v) is 3.63. The highest BCUT2D eigenvalue weighted by Gasteiger charge is 2.20. The van der Waals surface area contributed by atoms with E-state index in [1.807, 2.05) is 13.8 Å². The standard InChI is InChI=1S/C12H16FNO4S/c1-7(2)8(3)18-12(15)9-4-5-10(13)11(6-9)19(14,16)17/h4-8H,1-3H3,(H2,14,16,17). The second-order valence-electron chi connectivity index (χ2n) is 4.54. The number of esters is 1. The highest BCUT2D eigenvalue weighted by Crippen LogP contribution is 2.17. The lowest BCUT2D eigenvalue weighted by Crippen LogP contribution is -2.21. The van der Waals surface area contributed by atoms with Crippen molar-refractivity contribution in [3.8, 4) is 0 Å². The van der Waals surface area contributed by atoms with Crippen molar-refractivity contribution in [1.29, 1.82) is 0 Å². The van der Waals surface area contributed by atoms with Gasteiger partial charge in [-0.1, -0.05) is 13.8 Å². The number of rotatable bonds is 4. The van der Waals surface area contributed by atoms with Crippen molar-refractivity contribution in [1.82, 2.24) is 0 Å². The number of benzene rings is 1. The maximum absolute atomic E-state index is 13.3. The lowest BCUT2D eigenvalue weighted by molar-refractivity contribution is 0.0237. The third-order valence-electron chi connectivity index (χ3n) is 2.71. The Kier molecular flexibility index (Phi) is 4.65. The minimum atomic E-state index is -4.22. The molecule has 19 heavy (non-hydrogen) atoms. The van der Waals surface area contributed by atoms with Crippen molar-refractivity contribution in [3.05, 3.63) is 29.6 Å². The van der Waals surface area contributed by atoms with Crippen LogP contribution in [0.1, 0.15) is 31.1 Å². The second-order valence-corrected chi connectivity index (χ2v) is 6.07. The van der Waals surface area contributed by atoms with Crippen LogP contribution in [0.2, 0.25) is 0 Å². The summed E-state index contributed by atoms with van der Waals surface area (Å²) >= 11 is 0. The predicted octanol–water partition coefficient (Wildman–Crippen LogP) is 1.67. The van der Waals surface area contributed by atoms with E-state index in [2.05, 4.69) is 0 Å². The van der Waals surface area contributed by atoms with Gasteiger partial charge in [0.2, 0.25) is 10.0 Å². The minimum Gasteiger partial charge on any atom is -0.459 e. The number of hydrogen-bond acceptors (Lipinski definition) is 4. The van der Waals surface area contributed by atoms with Crippen molar-refractivity contribution in [2.75, 3.05) is 0 Å². The molecule has 2 N–H and O–H groups in total. The number of carbonyl (C=O) groups excluding carboxylic acids is 1. The molecule has 1 atom stereocenters. The maximum atomic E-state index is 13.3. The van der Waals surface area contributed by atoms with E-state index < -0.39 is 26.7 Å². The Morgan fingerprint density at radius 2 is 1.89 bits per heavy atom. The lowest BCUT2D eigenvalue weighted by Gasteiger charge is -2.16. The first-order valence-corrected chi connectivity index (χ1v) is 7.21. The van der Waals surface area contributed by atoms with Crippen LogP contribution in [-0.4, -0.2) is 20.5 Å². The van der Waals surface area contributed by atoms with Gasteiger partial charge in [0.15, 0.2) is 0 Å². The summed E-state index contributed by atoms with van der Waals surface area (Å²) in [6, 6.07) is 2.90. The number of hydrogen-bond donors (Lipinski definition) is 1. The zero-order valence-corrected chi connectivity index (χ0v) is 11.7.